The van der Waals surface area contributed by atoms with Crippen molar-refractivity contribution in [3.8, 4) is 0 Å². The number of carbonyl (C=O) groups excluding carboxylic acids is 2. The van der Waals surface area contributed by atoms with Gasteiger partial charge < -0.3 is 4.52 Å². The molecule has 4 aromatic rings. The maximum absolute atomic E-state index is 13.8. The Morgan fingerprint density at radius 1 is 1.17 bits per heavy atom. The third kappa shape index (κ3) is 4.54. The SMILES string of the molecule is O=C1S/C(=C(/Cc2ccc(Cl)cc2C(F)(F)F)c2ccc3[nH]ncc3c2)C(=O)N1Cc1ncon1. The standard InChI is InChI=1S/C22H13ClF3N5O3S/c23-14-3-1-12(16(7-14)22(24,25)26)6-15(11-2-4-17-13(5-11)8-28-29-17)19-20(32)31(21(33)35-19)9-18-27-10-34-30-18/h1-5,7-8,10H,6,9H2,(H,28,29)/b19-15-. The van der Waals surface area contributed by atoms with E-state index in [4.69, 9.17) is 11.6 Å². The molecule has 0 atom stereocenters. The van der Waals surface area contributed by atoms with Gasteiger partial charge in [-0.05, 0) is 59.1 Å². The summed E-state index contributed by atoms with van der Waals surface area (Å²) in [6.07, 6.45) is -2.32. The predicted molar refractivity (Wildman–Crippen MR) is 121 cm³/mol. The lowest BCUT2D eigenvalue weighted by molar-refractivity contribution is -0.138. The first kappa shape index (κ1) is 23.1. The fourth-order valence-electron chi connectivity index (χ4n) is 3.72. The number of rotatable bonds is 5. The maximum atomic E-state index is 13.8. The molecule has 2 aromatic carbocycles. The minimum Gasteiger partial charge on any atom is -0.343 e. The highest BCUT2D eigenvalue weighted by molar-refractivity contribution is 8.18. The summed E-state index contributed by atoms with van der Waals surface area (Å²) in [6.45, 7) is -0.229. The molecule has 1 aliphatic heterocycles. The number of carbonyl (C=O) groups is 2. The van der Waals surface area contributed by atoms with Crippen LogP contribution < -0.4 is 0 Å². The molecule has 0 radical (unpaired) electrons. The smallest absolute Gasteiger partial charge is 0.343 e. The minimum absolute atomic E-state index is 0.0180. The molecule has 3 heterocycles. The van der Waals surface area contributed by atoms with Gasteiger partial charge >= 0.3 is 6.18 Å². The molecule has 1 saturated heterocycles. The second-order valence-corrected chi connectivity index (χ2v) is 8.96. The Kier molecular flexibility index (Phi) is 5.85. The van der Waals surface area contributed by atoms with Gasteiger partial charge in [0.1, 0.15) is 0 Å². The Morgan fingerprint density at radius 2 is 2.00 bits per heavy atom. The number of amides is 2. The number of thioether (sulfide) groups is 1. The average Bonchev–Trinajstić information content (AvgIpc) is 3.55. The van der Waals surface area contributed by atoms with E-state index in [0.717, 1.165) is 17.4 Å². The molecule has 8 nitrogen and oxygen atoms in total. The van der Waals surface area contributed by atoms with Gasteiger partial charge in [0, 0.05) is 10.4 Å². The van der Waals surface area contributed by atoms with E-state index < -0.39 is 22.9 Å². The molecule has 35 heavy (non-hydrogen) atoms. The number of H-pyrrole nitrogens is 1. The van der Waals surface area contributed by atoms with Gasteiger partial charge in [-0.3, -0.25) is 19.6 Å². The number of allylic oxidation sites excluding steroid dienone is 1. The van der Waals surface area contributed by atoms with Gasteiger partial charge in [0.25, 0.3) is 11.1 Å². The van der Waals surface area contributed by atoms with Crippen LogP contribution in [0.5, 0.6) is 0 Å². The van der Waals surface area contributed by atoms with Crippen LogP contribution in [0.4, 0.5) is 18.0 Å². The lowest BCUT2D eigenvalue weighted by Crippen LogP contribution is -2.28. The molecular formula is C22H13ClF3N5O3S. The van der Waals surface area contributed by atoms with Crippen LogP contribution >= 0.6 is 23.4 Å². The summed E-state index contributed by atoms with van der Waals surface area (Å²) < 4.78 is 46.0. The van der Waals surface area contributed by atoms with Crippen LogP contribution in [-0.2, 0) is 23.9 Å². The summed E-state index contributed by atoms with van der Waals surface area (Å²) in [7, 11) is 0. The summed E-state index contributed by atoms with van der Waals surface area (Å²) in [5, 5.41) is 10.4. The molecule has 1 fully saturated rings. The summed E-state index contributed by atoms with van der Waals surface area (Å²) in [4.78, 5) is 30.7. The number of halogens is 4. The van der Waals surface area contributed by atoms with Gasteiger partial charge in [-0.25, -0.2) is 0 Å². The molecule has 2 aromatic heterocycles. The number of nitrogens with one attached hydrogen (secondary N) is 1. The van der Waals surface area contributed by atoms with E-state index in [9.17, 15) is 22.8 Å². The number of aromatic nitrogens is 4. The van der Waals surface area contributed by atoms with Gasteiger partial charge in [0.2, 0.25) is 6.39 Å². The number of hydrogen-bond donors (Lipinski definition) is 1. The van der Waals surface area contributed by atoms with Crippen LogP contribution in [-0.4, -0.2) is 36.4 Å². The van der Waals surface area contributed by atoms with Crippen molar-refractivity contribution in [3.63, 3.8) is 0 Å². The number of fused-ring (bicyclic) bond motifs is 1. The predicted octanol–water partition coefficient (Wildman–Crippen LogP) is 5.47. The summed E-state index contributed by atoms with van der Waals surface area (Å²) in [6, 6.07) is 8.52. The van der Waals surface area contributed by atoms with Crippen molar-refractivity contribution in [2.45, 2.75) is 19.1 Å². The lowest BCUT2D eigenvalue weighted by Gasteiger charge is -2.17. The highest BCUT2D eigenvalue weighted by Gasteiger charge is 2.39. The zero-order chi connectivity index (χ0) is 24.7. The van der Waals surface area contributed by atoms with Crippen LogP contribution in [0.15, 0.2) is 58.4 Å². The van der Waals surface area contributed by atoms with Gasteiger partial charge in [-0.1, -0.05) is 28.9 Å². The Labute approximate surface area is 204 Å². The van der Waals surface area contributed by atoms with E-state index in [2.05, 4.69) is 24.9 Å². The van der Waals surface area contributed by atoms with Gasteiger partial charge in [-0.15, -0.1) is 0 Å². The van der Waals surface area contributed by atoms with Crippen molar-refractivity contribution in [2.24, 2.45) is 0 Å². The van der Waals surface area contributed by atoms with E-state index >= 15 is 0 Å². The van der Waals surface area contributed by atoms with Crippen LogP contribution in [0.1, 0.15) is 22.5 Å². The second-order valence-electron chi connectivity index (χ2n) is 7.56. The molecule has 13 heteroatoms. The van der Waals surface area contributed by atoms with Crippen LogP contribution in [0.3, 0.4) is 0 Å². The lowest BCUT2D eigenvalue weighted by atomic mass is 9.93. The normalized spacial score (nSPS) is 15.9. The molecule has 1 N–H and O–H groups in total. The van der Waals surface area contributed by atoms with Crippen molar-refractivity contribution in [2.75, 3.05) is 0 Å². The van der Waals surface area contributed by atoms with Crippen LogP contribution in [0, 0.1) is 0 Å². The Bertz CT molecular complexity index is 1480. The zero-order valence-electron chi connectivity index (χ0n) is 17.5. The summed E-state index contributed by atoms with van der Waals surface area (Å²) in [5.74, 6) is -0.540. The Balaban J connectivity index is 1.63. The van der Waals surface area contributed by atoms with Crippen molar-refractivity contribution < 1.29 is 27.3 Å². The first-order valence-electron chi connectivity index (χ1n) is 10.0. The molecule has 1 aliphatic rings. The topological polar surface area (TPSA) is 105 Å². The molecule has 0 bridgehead atoms. The summed E-state index contributed by atoms with van der Waals surface area (Å²) in [5.41, 5.74) is 0.444. The van der Waals surface area contributed by atoms with Crippen molar-refractivity contribution in [3.05, 3.63) is 81.4 Å². The van der Waals surface area contributed by atoms with E-state index in [1.54, 1.807) is 24.4 Å². The highest BCUT2D eigenvalue weighted by Crippen LogP contribution is 2.41. The first-order chi connectivity index (χ1) is 16.7. The summed E-state index contributed by atoms with van der Waals surface area (Å²) >= 11 is 6.48. The molecular weight excluding hydrogens is 507 g/mol. The van der Waals surface area contributed by atoms with Crippen LogP contribution in [0.25, 0.3) is 16.5 Å². The minimum atomic E-state index is -4.67. The number of nitrogens with zero attached hydrogens (tertiary/aromatic N) is 4. The maximum Gasteiger partial charge on any atom is 0.416 e. The fraction of sp³-hybridized carbons (Fsp3) is 0.136. The zero-order valence-corrected chi connectivity index (χ0v) is 19.0. The van der Waals surface area contributed by atoms with Crippen molar-refractivity contribution >= 4 is 51.0 Å². The third-order valence-electron chi connectivity index (χ3n) is 5.36. The van der Waals surface area contributed by atoms with Crippen molar-refractivity contribution in [1.29, 1.82) is 0 Å². The number of alkyl halides is 3. The molecule has 0 spiro atoms. The van der Waals surface area contributed by atoms with E-state index in [1.807, 2.05) is 0 Å². The van der Waals surface area contributed by atoms with Gasteiger partial charge in [-0.2, -0.15) is 23.3 Å². The number of aromatic amines is 1. The quantitative estimate of drug-likeness (QED) is 0.349. The number of benzene rings is 2. The van der Waals surface area contributed by atoms with Gasteiger partial charge in [0.05, 0.1) is 28.7 Å². The monoisotopic (exact) mass is 519 g/mol. The number of imide groups is 1. The van der Waals surface area contributed by atoms with E-state index in [0.29, 0.717) is 28.2 Å². The molecule has 2 amide bonds. The molecule has 0 unspecified atom stereocenters. The first-order valence-corrected chi connectivity index (χ1v) is 11.2. The number of hydrogen-bond acceptors (Lipinski definition) is 7. The van der Waals surface area contributed by atoms with Gasteiger partial charge in [0.15, 0.2) is 5.82 Å². The van der Waals surface area contributed by atoms with E-state index in [1.165, 1.54) is 12.1 Å². The molecule has 5 rings (SSSR count). The average molecular weight is 520 g/mol. The second kappa shape index (κ2) is 8.86. The molecule has 0 saturated carbocycles. The Morgan fingerprint density at radius 3 is 2.74 bits per heavy atom. The Hall–Kier alpha value is -3.64. The molecule has 0 aliphatic carbocycles. The van der Waals surface area contributed by atoms with Crippen molar-refractivity contribution in [1.82, 2.24) is 25.2 Å². The highest BCUT2D eigenvalue weighted by atomic mass is 35.5. The third-order valence-corrected chi connectivity index (χ3v) is 6.62. The van der Waals surface area contributed by atoms with E-state index in [-0.39, 0.29) is 39.9 Å². The fourth-order valence-corrected chi connectivity index (χ4v) is 4.84. The largest absolute Gasteiger partial charge is 0.416 e. The van der Waals surface area contributed by atoms with Crippen LogP contribution in [0.2, 0.25) is 5.02 Å². The molecule has 178 valence electrons.